The fraction of sp³-hybridized carbons (Fsp3) is 0.561. The van der Waals surface area contributed by atoms with Crippen LogP contribution in [0.3, 0.4) is 0 Å². The number of rotatable bonds is 27. The standard InChI is InChI=1S/C41H61O3PS/c1-2-3-4-5-6-7-8-9-10-11-12-13-14-15-16-17-18-19-20-30-37-46(42,43)44-45-41(38-31-24-21-25-32-38,39-33-26-22-27-34-39)40-35-28-23-29-36-40/h21-29,31-36,45H,2-20,30,37H2,1H3. The van der Waals surface area contributed by atoms with Crippen molar-refractivity contribution in [1.29, 1.82) is 0 Å². The summed E-state index contributed by atoms with van der Waals surface area (Å²) in [5.41, 5.74) is 3.08. The normalized spacial score (nSPS) is 12.3. The van der Waals surface area contributed by atoms with Crippen LogP contribution in [0.4, 0.5) is 0 Å². The van der Waals surface area contributed by atoms with Gasteiger partial charge in [-0.1, -0.05) is 220 Å². The predicted octanol–water partition coefficient (Wildman–Crippen LogP) is 12.7. The summed E-state index contributed by atoms with van der Waals surface area (Å²) in [4.78, 5) is 0. The molecule has 0 N–H and O–H groups in total. The van der Waals surface area contributed by atoms with Crippen molar-refractivity contribution in [2.24, 2.45) is 0 Å². The van der Waals surface area contributed by atoms with Crippen LogP contribution in [0.5, 0.6) is 0 Å². The molecule has 0 saturated carbocycles. The molecule has 0 fully saturated rings. The van der Waals surface area contributed by atoms with E-state index in [9.17, 15) is 8.42 Å². The lowest BCUT2D eigenvalue weighted by Gasteiger charge is -2.35. The van der Waals surface area contributed by atoms with Crippen molar-refractivity contribution >= 4 is 18.9 Å². The second-order valence-corrected chi connectivity index (χ2v) is 16.2. The Balaban J connectivity index is 1.30. The van der Waals surface area contributed by atoms with Gasteiger partial charge in [0.05, 0.1) is 19.7 Å². The van der Waals surface area contributed by atoms with E-state index in [2.05, 4.69) is 43.3 Å². The van der Waals surface area contributed by atoms with Crippen LogP contribution >= 0.6 is 8.81 Å². The minimum absolute atomic E-state index is 0.0768. The van der Waals surface area contributed by atoms with Gasteiger partial charge in [0.2, 0.25) is 0 Å². The SMILES string of the molecule is CCCCCCCCCCCCCCCCCCCCCCS(=O)(=O)OPC(c1ccccc1)(c1ccccc1)c1ccccc1. The Kier molecular flexibility index (Phi) is 19.5. The number of hydrogen-bond acceptors (Lipinski definition) is 3. The smallest absolute Gasteiger partial charge is 0.249 e. The van der Waals surface area contributed by atoms with Crippen molar-refractivity contribution in [3.8, 4) is 0 Å². The summed E-state index contributed by atoms with van der Waals surface area (Å²) in [6.07, 6.45) is 26.1. The maximum Gasteiger partial charge on any atom is 0.270 e. The van der Waals surface area contributed by atoms with E-state index in [-0.39, 0.29) is 14.6 Å². The molecule has 0 aliphatic rings. The maximum absolute atomic E-state index is 13.1. The van der Waals surface area contributed by atoms with Gasteiger partial charge in [-0.3, -0.25) is 0 Å². The molecule has 5 heteroatoms. The van der Waals surface area contributed by atoms with Crippen LogP contribution in [0.2, 0.25) is 0 Å². The second-order valence-electron chi connectivity index (χ2n) is 13.0. The van der Waals surface area contributed by atoms with Gasteiger partial charge in [0.25, 0.3) is 10.1 Å². The first-order chi connectivity index (χ1) is 22.6. The van der Waals surface area contributed by atoms with E-state index in [0.717, 1.165) is 29.5 Å². The third kappa shape index (κ3) is 14.4. The lowest BCUT2D eigenvalue weighted by atomic mass is 9.84. The first-order valence-corrected chi connectivity index (χ1v) is 20.9. The zero-order chi connectivity index (χ0) is 32.6. The molecule has 3 rings (SSSR count). The molecule has 0 aliphatic carbocycles. The molecule has 46 heavy (non-hydrogen) atoms. The monoisotopic (exact) mass is 664 g/mol. The van der Waals surface area contributed by atoms with E-state index in [1.54, 1.807) is 0 Å². The van der Waals surface area contributed by atoms with E-state index in [1.165, 1.54) is 109 Å². The van der Waals surface area contributed by atoms with Crippen molar-refractivity contribution in [1.82, 2.24) is 0 Å². The van der Waals surface area contributed by atoms with E-state index in [4.69, 9.17) is 3.97 Å². The van der Waals surface area contributed by atoms with Gasteiger partial charge in [0.1, 0.15) is 0 Å². The average molecular weight is 665 g/mol. The van der Waals surface area contributed by atoms with Crippen LogP contribution in [0.15, 0.2) is 91.0 Å². The quantitative estimate of drug-likeness (QED) is 0.0463. The molecular weight excluding hydrogens is 603 g/mol. The van der Waals surface area contributed by atoms with Crippen LogP contribution in [0, 0.1) is 0 Å². The molecule has 3 aromatic rings. The largest absolute Gasteiger partial charge is 0.270 e. The van der Waals surface area contributed by atoms with Crippen molar-refractivity contribution in [3.63, 3.8) is 0 Å². The highest BCUT2D eigenvalue weighted by atomic mass is 32.2. The zero-order valence-corrected chi connectivity index (χ0v) is 30.5. The van der Waals surface area contributed by atoms with E-state index < -0.39 is 15.3 Å². The van der Waals surface area contributed by atoms with E-state index >= 15 is 0 Å². The summed E-state index contributed by atoms with van der Waals surface area (Å²) >= 11 is 0. The fourth-order valence-electron chi connectivity index (χ4n) is 6.44. The average Bonchev–Trinajstić information content (AvgIpc) is 3.09. The minimum Gasteiger partial charge on any atom is -0.249 e. The van der Waals surface area contributed by atoms with E-state index in [0.29, 0.717) is 6.42 Å². The fourth-order valence-corrected chi connectivity index (χ4v) is 9.20. The third-order valence-corrected chi connectivity index (χ3v) is 12.5. The molecule has 0 aromatic heterocycles. The molecule has 0 amide bonds. The summed E-state index contributed by atoms with van der Waals surface area (Å²) in [5.74, 6) is 0.0768. The van der Waals surface area contributed by atoms with E-state index in [1.807, 2.05) is 54.6 Å². The van der Waals surface area contributed by atoms with Crippen LogP contribution in [0.25, 0.3) is 0 Å². The number of unbranched alkanes of at least 4 members (excludes halogenated alkanes) is 19. The highest BCUT2D eigenvalue weighted by Crippen LogP contribution is 2.53. The summed E-state index contributed by atoms with van der Waals surface area (Å²) < 4.78 is 32.2. The van der Waals surface area contributed by atoms with Gasteiger partial charge in [-0.15, -0.1) is 0 Å². The Morgan fingerprint density at radius 3 is 1.04 bits per heavy atom. The Labute approximate surface area is 284 Å². The van der Waals surface area contributed by atoms with Crippen LogP contribution < -0.4 is 0 Å². The van der Waals surface area contributed by atoms with Crippen molar-refractivity contribution < 1.29 is 12.4 Å². The predicted molar refractivity (Wildman–Crippen MR) is 200 cm³/mol. The molecule has 1 atom stereocenters. The molecule has 3 aromatic carbocycles. The summed E-state index contributed by atoms with van der Waals surface area (Å²) in [6.45, 7) is 2.29. The summed E-state index contributed by atoms with van der Waals surface area (Å²) in [6, 6.07) is 30.4. The van der Waals surface area contributed by atoms with Gasteiger partial charge in [-0.25, -0.2) is 3.97 Å². The molecule has 1 unspecified atom stereocenters. The molecule has 0 bridgehead atoms. The molecule has 3 nitrogen and oxygen atoms in total. The first kappa shape index (κ1) is 38.4. The maximum atomic E-state index is 13.1. The molecule has 0 heterocycles. The van der Waals surface area contributed by atoms with Crippen LogP contribution in [-0.4, -0.2) is 14.2 Å². The summed E-state index contributed by atoms with van der Waals surface area (Å²) in [5, 5.41) is -0.704. The summed E-state index contributed by atoms with van der Waals surface area (Å²) in [7, 11) is -3.95. The van der Waals surface area contributed by atoms with Gasteiger partial charge < -0.3 is 0 Å². The zero-order valence-electron chi connectivity index (χ0n) is 28.6. The third-order valence-electron chi connectivity index (χ3n) is 9.19. The Morgan fingerprint density at radius 1 is 0.457 bits per heavy atom. The molecule has 0 radical (unpaired) electrons. The van der Waals surface area contributed by atoms with Crippen molar-refractivity contribution in [2.45, 2.75) is 140 Å². The minimum atomic E-state index is -3.65. The van der Waals surface area contributed by atoms with Crippen LogP contribution in [0.1, 0.15) is 152 Å². The van der Waals surface area contributed by atoms with Gasteiger partial charge in [-0.2, -0.15) is 8.42 Å². The van der Waals surface area contributed by atoms with Crippen molar-refractivity contribution in [3.05, 3.63) is 108 Å². The van der Waals surface area contributed by atoms with Crippen LogP contribution in [-0.2, 0) is 19.2 Å². The van der Waals surface area contributed by atoms with Gasteiger partial charge in [0.15, 0.2) is 0 Å². The number of benzene rings is 3. The van der Waals surface area contributed by atoms with Crippen molar-refractivity contribution in [2.75, 3.05) is 5.75 Å². The molecule has 0 aliphatic heterocycles. The topological polar surface area (TPSA) is 43.4 Å². The highest BCUT2D eigenvalue weighted by Gasteiger charge is 2.38. The lowest BCUT2D eigenvalue weighted by molar-refractivity contribution is 0.501. The lowest BCUT2D eigenvalue weighted by Crippen LogP contribution is -2.25. The van der Waals surface area contributed by atoms with Gasteiger partial charge in [-0.05, 0) is 23.1 Å². The Bertz CT molecular complexity index is 1150. The Morgan fingerprint density at radius 2 is 0.739 bits per heavy atom. The molecule has 0 saturated heterocycles. The second kappa shape index (κ2) is 23.3. The Hall–Kier alpha value is -2.00. The first-order valence-electron chi connectivity index (χ1n) is 18.4. The van der Waals surface area contributed by atoms with Gasteiger partial charge >= 0.3 is 0 Å². The number of hydrogen-bond donors (Lipinski definition) is 0. The molecule has 0 spiro atoms. The molecule has 254 valence electrons. The van der Waals surface area contributed by atoms with Gasteiger partial charge in [0, 0.05) is 0 Å². The molecular formula is C41H61O3PS. The highest BCUT2D eigenvalue weighted by molar-refractivity contribution is 7.89.